The fourth-order valence-corrected chi connectivity index (χ4v) is 2.72. The molecular formula is C18H15FeN3S+2. The van der Waals surface area contributed by atoms with Gasteiger partial charge in [-0.2, -0.15) is 0 Å². The fourth-order valence-electron chi connectivity index (χ4n) is 2.03. The molecule has 0 amide bonds. The van der Waals surface area contributed by atoms with Crippen molar-refractivity contribution in [2.24, 2.45) is 0 Å². The van der Waals surface area contributed by atoms with Crippen LogP contribution in [0.25, 0.3) is 10.6 Å². The number of rotatable bonds is 2. The Kier molecular flexibility index (Phi) is 7.54. The molecule has 0 spiro atoms. The summed E-state index contributed by atoms with van der Waals surface area (Å²) < 4.78 is 0. The SMILES string of the molecule is Nc1nc([C]2[CH][CH][CH][CH]2)cc(-c2cccs2)n1.[CH]1[CH][CH][CH][CH]1.[Fe+2]. The summed E-state index contributed by atoms with van der Waals surface area (Å²) in [7, 11) is 0. The number of aromatic nitrogens is 2. The normalized spacial score (nSPS) is 17.4. The van der Waals surface area contributed by atoms with Gasteiger partial charge in [-0.1, -0.05) is 6.07 Å². The molecule has 114 valence electrons. The Morgan fingerprint density at radius 3 is 2.00 bits per heavy atom. The van der Waals surface area contributed by atoms with Gasteiger partial charge in [0.15, 0.2) is 0 Å². The zero-order valence-corrected chi connectivity index (χ0v) is 14.2. The Balaban J connectivity index is 0.000000276. The van der Waals surface area contributed by atoms with E-state index in [0.717, 1.165) is 22.2 Å². The van der Waals surface area contributed by atoms with Crippen molar-refractivity contribution < 1.29 is 17.1 Å². The smallest absolute Gasteiger partial charge is 0.368 e. The third-order valence-electron chi connectivity index (χ3n) is 3.03. The van der Waals surface area contributed by atoms with Crippen molar-refractivity contribution in [1.82, 2.24) is 9.97 Å². The van der Waals surface area contributed by atoms with Gasteiger partial charge < -0.3 is 5.73 Å². The van der Waals surface area contributed by atoms with E-state index in [2.05, 4.69) is 9.97 Å². The van der Waals surface area contributed by atoms with E-state index in [1.807, 2.05) is 81.4 Å². The first kappa shape index (κ1) is 18.4. The standard InChI is InChI=1S/C13H10N3S.C5H5.Fe/c14-13-15-10(9-4-1-2-5-9)8-11(16-13)12-6-3-7-17-12;1-2-4-5-3-1;/h1-8H,(H2,14,15,16);1-5H;/q;;+2. The molecule has 3 nitrogen and oxygen atoms in total. The summed E-state index contributed by atoms with van der Waals surface area (Å²) in [6.45, 7) is 0. The van der Waals surface area contributed by atoms with Crippen molar-refractivity contribution in [3.63, 3.8) is 0 Å². The van der Waals surface area contributed by atoms with Crippen LogP contribution in [-0.2, 0) is 17.1 Å². The van der Waals surface area contributed by atoms with Crippen LogP contribution >= 0.6 is 11.3 Å². The summed E-state index contributed by atoms with van der Waals surface area (Å²) in [5.41, 5.74) is 7.50. The van der Waals surface area contributed by atoms with E-state index < -0.39 is 0 Å². The van der Waals surface area contributed by atoms with Crippen molar-refractivity contribution in [2.45, 2.75) is 0 Å². The second kappa shape index (κ2) is 9.41. The molecule has 0 saturated heterocycles. The minimum absolute atomic E-state index is 0. The maximum absolute atomic E-state index is 5.75. The van der Waals surface area contributed by atoms with Gasteiger partial charge in [-0.15, -0.1) is 11.3 Å². The summed E-state index contributed by atoms with van der Waals surface area (Å²) in [4.78, 5) is 9.62. The van der Waals surface area contributed by atoms with Crippen LogP contribution in [0.15, 0.2) is 23.6 Å². The minimum Gasteiger partial charge on any atom is -0.368 e. The second-order valence-corrected chi connectivity index (χ2v) is 5.56. The van der Waals surface area contributed by atoms with E-state index in [1.54, 1.807) is 11.3 Å². The number of hydrogen-bond donors (Lipinski definition) is 1. The number of nitrogens with zero attached hydrogens (tertiary/aromatic N) is 2. The van der Waals surface area contributed by atoms with Gasteiger partial charge in [-0.3, -0.25) is 0 Å². The molecule has 2 aliphatic carbocycles. The molecule has 2 heterocycles. The molecule has 2 aliphatic rings. The van der Waals surface area contributed by atoms with Crippen molar-refractivity contribution in [3.8, 4) is 10.6 Å². The van der Waals surface area contributed by atoms with Crippen molar-refractivity contribution in [1.29, 1.82) is 0 Å². The zero-order chi connectivity index (χ0) is 15.2. The van der Waals surface area contributed by atoms with Gasteiger partial charge >= 0.3 is 17.1 Å². The van der Waals surface area contributed by atoms with Gasteiger partial charge in [0, 0.05) is 5.92 Å². The van der Waals surface area contributed by atoms with Gasteiger partial charge in [-0.25, -0.2) is 9.97 Å². The predicted molar refractivity (Wildman–Crippen MR) is 90.8 cm³/mol. The fraction of sp³-hybridized carbons (Fsp3) is 0. The number of hydrogen-bond acceptors (Lipinski definition) is 4. The average molecular weight is 361 g/mol. The number of nitrogen functional groups attached to an aromatic ring is 1. The molecule has 2 fully saturated rings. The topological polar surface area (TPSA) is 51.8 Å². The summed E-state index contributed by atoms with van der Waals surface area (Å²) in [5, 5.41) is 2.02. The predicted octanol–water partition coefficient (Wildman–Crippen LogP) is 3.56. The summed E-state index contributed by atoms with van der Waals surface area (Å²) in [6.07, 6.45) is 18.0. The van der Waals surface area contributed by atoms with Crippen LogP contribution in [0, 0.1) is 63.7 Å². The Morgan fingerprint density at radius 2 is 1.43 bits per heavy atom. The van der Waals surface area contributed by atoms with Crippen molar-refractivity contribution in [2.75, 3.05) is 5.73 Å². The molecule has 10 radical (unpaired) electrons. The summed E-state index contributed by atoms with van der Waals surface area (Å²) >= 11 is 1.64. The van der Waals surface area contributed by atoms with Crippen LogP contribution < -0.4 is 5.73 Å². The molecule has 0 unspecified atom stereocenters. The van der Waals surface area contributed by atoms with E-state index in [4.69, 9.17) is 5.73 Å². The van der Waals surface area contributed by atoms with Gasteiger partial charge in [-0.05, 0) is 75.3 Å². The largest absolute Gasteiger partial charge is 2.00 e. The monoisotopic (exact) mass is 361 g/mol. The van der Waals surface area contributed by atoms with Gasteiger partial charge in [0.2, 0.25) is 5.95 Å². The zero-order valence-electron chi connectivity index (χ0n) is 12.2. The second-order valence-electron chi connectivity index (χ2n) is 4.61. The van der Waals surface area contributed by atoms with E-state index in [1.165, 1.54) is 0 Å². The molecule has 0 aromatic carbocycles. The number of thiophene rings is 1. The van der Waals surface area contributed by atoms with Crippen LogP contribution in [-0.4, -0.2) is 9.97 Å². The molecule has 4 rings (SSSR count). The van der Waals surface area contributed by atoms with E-state index in [-0.39, 0.29) is 17.1 Å². The maximum atomic E-state index is 5.75. The first-order valence-electron chi connectivity index (χ1n) is 6.90. The molecular weight excluding hydrogens is 346 g/mol. The maximum Gasteiger partial charge on any atom is 2.00 e. The Hall–Kier alpha value is -0.901. The molecule has 5 heteroatoms. The molecule has 0 bridgehead atoms. The van der Waals surface area contributed by atoms with Crippen LogP contribution in [0.5, 0.6) is 0 Å². The van der Waals surface area contributed by atoms with Crippen LogP contribution in [0.2, 0.25) is 0 Å². The average Bonchev–Trinajstić information content (AvgIpc) is 3.31. The number of nitrogens with two attached hydrogens (primary N) is 1. The third-order valence-corrected chi connectivity index (χ3v) is 3.92. The molecule has 0 aliphatic heterocycles. The molecule has 0 atom stereocenters. The quantitative estimate of drug-likeness (QED) is 0.833. The van der Waals surface area contributed by atoms with Gasteiger partial charge in [0.25, 0.3) is 0 Å². The van der Waals surface area contributed by atoms with Crippen molar-refractivity contribution in [3.05, 3.63) is 93.0 Å². The third kappa shape index (κ3) is 5.30. The first-order valence-corrected chi connectivity index (χ1v) is 7.78. The van der Waals surface area contributed by atoms with E-state index in [0.29, 0.717) is 5.95 Å². The van der Waals surface area contributed by atoms with Crippen LogP contribution in [0.3, 0.4) is 0 Å². The van der Waals surface area contributed by atoms with E-state index in [9.17, 15) is 0 Å². The Labute approximate surface area is 153 Å². The summed E-state index contributed by atoms with van der Waals surface area (Å²) in [5.74, 6) is 1.38. The molecule has 2 aromatic heterocycles. The molecule has 2 aromatic rings. The Bertz CT molecular complexity index is 568. The Morgan fingerprint density at radius 1 is 0.826 bits per heavy atom. The number of anilines is 1. The molecule has 2 N–H and O–H groups in total. The van der Waals surface area contributed by atoms with Crippen molar-refractivity contribution >= 4 is 17.3 Å². The molecule has 23 heavy (non-hydrogen) atoms. The van der Waals surface area contributed by atoms with E-state index >= 15 is 0 Å². The minimum atomic E-state index is 0. The van der Waals surface area contributed by atoms with Gasteiger partial charge in [0.05, 0.1) is 16.3 Å². The van der Waals surface area contributed by atoms with Crippen LogP contribution in [0.1, 0.15) is 5.69 Å². The first-order chi connectivity index (χ1) is 10.8. The van der Waals surface area contributed by atoms with Crippen LogP contribution in [0.4, 0.5) is 5.95 Å². The van der Waals surface area contributed by atoms with Gasteiger partial charge in [0.1, 0.15) is 0 Å². The summed E-state index contributed by atoms with van der Waals surface area (Å²) in [6, 6.07) is 6.00. The molecule has 2 saturated carbocycles.